The van der Waals surface area contributed by atoms with E-state index in [2.05, 4.69) is 16.6 Å². The largest absolute Gasteiger partial charge is 0.465 e. The average Bonchev–Trinajstić information content (AvgIpc) is 2.62. The molecule has 0 saturated heterocycles. The van der Waals surface area contributed by atoms with Gasteiger partial charge in [0.2, 0.25) is 0 Å². The number of ether oxygens (including phenoxy) is 1. The molecule has 0 bridgehead atoms. The summed E-state index contributed by atoms with van der Waals surface area (Å²) in [5.74, 6) is 3.58. The van der Waals surface area contributed by atoms with Gasteiger partial charge in [-0.05, 0) is 6.07 Å². The van der Waals surface area contributed by atoms with E-state index in [1.807, 2.05) is 0 Å². The monoisotopic (exact) mass is 209 g/mol. The van der Waals surface area contributed by atoms with E-state index >= 15 is 0 Å². The molecule has 4 nitrogen and oxygen atoms in total. The second-order valence-electron chi connectivity index (χ2n) is 2.31. The molecule has 5 heteroatoms. The Kier molecular flexibility index (Phi) is 3.26. The fourth-order valence-corrected chi connectivity index (χ4v) is 1.50. The highest BCUT2D eigenvalue weighted by Gasteiger charge is 2.07. The zero-order valence-electron chi connectivity index (χ0n) is 7.37. The summed E-state index contributed by atoms with van der Waals surface area (Å²) in [6.45, 7) is 0. The summed E-state index contributed by atoms with van der Waals surface area (Å²) in [4.78, 5) is 21.8. The molecule has 0 atom stereocenters. The highest BCUT2D eigenvalue weighted by atomic mass is 32.1. The van der Waals surface area contributed by atoms with Crippen LogP contribution < -0.4 is 5.73 Å². The summed E-state index contributed by atoms with van der Waals surface area (Å²) in [5.41, 5.74) is 5.41. The third-order valence-corrected chi connectivity index (χ3v) is 2.23. The number of rotatable bonds is 1. The topological polar surface area (TPSA) is 69.4 Å². The maximum absolute atomic E-state index is 11.0. The van der Waals surface area contributed by atoms with Crippen molar-refractivity contribution in [3.05, 3.63) is 21.9 Å². The zero-order valence-corrected chi connectivity index (χ0v) is 8.18. The standard InChI is InChI=1S/C9H7NO3S/c1-13-9(12)7-4-6(5-14-7)2-3-8(10)11/h4-5H,1H3,(H2,10,11). The Bertz CT molecular complexity index is 425. The van der Waals surface area contributed by atoms with Crippen molar-refractivity contribution in [3.8, 4) is 11.8 Å². The van der Waals surface area contributed by atoms with Gasteiger partial charge in [-0.15, -0.1) is 11.3 Å². The maximum Gasteiger partial charge on any atom is 0.348 e. The van der Waals surface area contributed by atoms with Crippen molar-refractivity contribution in [2.45, 2.75) is 0 Å². The van der Waals surface area contributed by atoms with Crippen molar-refractivity contribution in [1.29, 1.82) is 0 Å². The second kappa shape index (κ2) is 4.44. The summed E-state index contributed by atoms with van der Waals surface area (Å²) in [7, 11) is 1.30. The quantitative estimate of drug-likeness (QED) is 0.536. The highest BCUT2D eigenvalue weighted by Crippen LogP contribution is 2.14. The Balaban J connectivity index is 2.85. The van der Waals surface area contributed by atoms with Crippen LogP contribution in [0.2, 0.25) is 0 Å². The summed E-state index contributed by atoms with van der Waals surface area (Å²) >= 11 is 1.20. The Hall–Kier alpha value is -1.80. The Labute approximate surface area is 84.7 Å². The van der Waals surface area contributed by atoms with Gasteiger partial charge >= 0.3 is 5.97 Å². The van der Waals surface area contributed by atoms with E-state index in [-0.39, 0.29) is 0 Å². The van der Waals surface area contributed by atoms with Gasteiger partial charge in [0.1, 0.15) is 4.88 Å². The smallest absolute Gasteiger partial charge is 0.348 e. The van der Waals surface area contributed by atoms with E-state index in [0.717, 1.165) is 0 Å². The van der Waals surface area contributed by atoms with E-state index in [0.29, 0.717) is 10.4 Å². The molecule has 0 aliphatic rings. The lowest BCUT2D eigenvalue weighted by Crippen LogP contribution is -2.06. The van der Waals surface area contributed by atoms with Gasteiger partial charge in [0.15, 0.2) is 0 Å². The van der Waals surface area contributed by atoms with Gasteiger partial charge in [0, 0.05) is 16.9 Å². The van der Waals surface area contributed by atoms with Crippen molar-refractivity contribution in [2.75, 3.05) is 7.11 Å². The molecule has 0 aromatic carbocycles. The number of esters is 1. The fourth-order valence-electron chi connectivity index (χ4n) is 0.743. The van der Waals surface area contributed by atoms with Gasteiger partial charge < -0.3 is 10.5 Å². The second-order valence-corrected chi connectivity index (χ2v) is 3.22. The maximum atomic E-state index is 11.0. The Morgan fingerprint density at radius 1 is 1.57 bits per heavy atom. The van der Waals surface area contributed by atoms with Crippen LogP contribution in [-0.4, -0.2) is 19.0 Å². The third kappa shape index (κ3) is 2.61. The van der Waals surface area contributed by atoms with Crippen LogP contribution in [0.5, 0.6) is 0 Å². The van der Waals surface area contributed by atoms with Crippen LogP contribution in [0.1, 0.15) is 15.2 Å². The first kappa shape index (κ1) is 10.3. The van der Waals surface area contributed by atoms with E-state index < -0.39 is 11.9 Å². The molecule has 0 saturated carbocycles. The van der Waals surface area contributed by atoms with Crippen molar-refractivity contribution < 1.29 is 14.3 Å². The molecule has 0 spiro atoms. The van der Waals surface area contributed by atoms with Crippen LogP contribution in [0, 0.1) is 11.8 Å². The number of hydrogen-bond acceptors (Lipinski definition) is 4. The van der Waals surface area contributed by atoms with E-state index in [9.17, 15) is 9.59 Å². The molecule has 1 heterocycles. The summed E-state index contributed by atoms with van der Waals surface area (Å²) in [6, 6.07) is 1.55. The molecule has 1 aromatic heterocycles. The van der Waals surface area contributed by atoms with E-state index in [1.54, 1.807) is 11.4 Å². The first-order valence-corrected chi connectivity index (χ1v) is 4.49. The van der Waals surface area contributed by atoms with Crippen LogP contribution >= 0.6 is 11.3 Å². The van der Waals surface area contributed by atoms with Crippen molar-refractivity contribution in [2.24, 2.45) is 5.73 Å². The van der Waals surface area contributed by atoms with E-state index in [4.69, 9.17) is 5.73 Å². The number of amides is 1. The average molecular weight is 209 g/mol. The number of hydrogen-bond donors (Lipinski definition) is 1. The van der Waals surface area contributed by atoms with Crippen LogP contribution in [0.4, 0.5) is 0 Å². The molecule has 14 heavy (non-hydrogen) atoms. The number of carbonyl (C=O) groups excluding carboxylic acids is 2. The predicted octanol–water partition coefficient (Wildman–Crippen LogP) is 0.371. The van der Waals surface area contributed by atoms with Gasteiger partial charge in [-0.3, -0.25) is 4.79 Å². The minimum absolute atomic E-state index is 0.415. The van der Waals surface area contributed by atoms with Gasteiger partial charge in [0.25, 0.3) is 5.91 Å². The first-order valence-electron chi connectivity index (χ1n) is 3.62. The van der Waals surface area contributed by atoms with Crippen LogP contribution in [0.15, 0.2) is 11.4 Å². The molecule has 0 fully saturated rings. The lowest BCUT2D eigenvalue weighted by atomic mass is 10.3. The minimum Gasteiger partial charge on any atom is -0.465 e. The summed E-state index contributed by atoms with van der Waals surface area (Å²) in [5, 5.41) is 1.65. The normalized spacial score (nSPS) is 8.64. The minimum atomic E-state index is -0.698. The molecule has 72 valence electrons. The molecule has 1 aromatic rings. The molecule has 0 aliphatic heterocycles. The van der Waals surface area contributed by atoms with Crippen LogP contribution in [0.3, 0.4) is 0 Å². The molecule has 2 N–H and O–H groups in total. The molecule has 1 amide bonds. The van der Waals surface area contributed by atoms with Gasteiger partial charge in [-0.25, -0.2) is 4.79 Å². The van der Waals surface area contributed by atoms with E-state index in [1.165, 1.54) is 18.4 Å². The SMILES string of the molecule is COC(=O)c1cc(C#CC(N)=O)cs1. The number of thiophene rings is 1. The molecule has 0 radical (unpaired) electrons. The summed E-state index contributed by atoms with van der Waals surface area (Å²) < 4.78 is 4.51. The fraction of sp³-hybridized carbons (Fsp3) is 0.111. The van der Waals surface area contributed by atoms with Gasteiger partial charge in [-0.1, -0.05) is 5.92 Å². The van der Waals surface area contributed by atoms with Crippen molar-refractivity contribution in [3.63, 3.8) is 0 Å². The molecule has 0 aliphatic carbocycles. The van der Waals surface area contributed by atoms with Gasteiger partial charge in [0.05, 0.1) is 7.11 Å². The number of carbonyl (C=O) groups is 2. The first-order chi connectivity index (χ1) is 6.63. The third-order valence-electron chi connectivity index (χ3n) is 1.32. The molecular formula is C9H7NO3S. The van der Waals surface area contributed by atoms with Gasteiger partial charge in [-0.2, -0.15) is 0 Å². The highest BCUT2D eigenvalue weighted by molar-refractivity contribution is 7.12. The number of methoxy groups -OCH3 is 1. The Morgan fingerprint density at radius 2 is 2.29 bits per heavy atom. The lowest BCUT2D eigenvalue weighted by Gasteiger charge is -1.90. The lowest BCUT2D eigenvalue weighted by molar-refractivity contribution is -0.112. The summed E-state index contributed by atoms with van der Waals surface area (Å²) in [6.07, 6.45) is 0. The zero-order chi connectivity index (χ0) is 10.6. The molecule has 1 rings (SSSR count). The number of nitrogens with two attached hydrogens (primary N) is 1. The van der Waals surface area contributed by atoms with Crippen LogP contribution in [-0.2, 0) is 9.53 Å². The Morgan fingerprint density at radius 3 is 2.86 bits per heavy atom. The number of primary amides is 1. The van der Waals surface area contributed by atoms with Crippen molar-refractivity contribution >= 4 is 23.2 Å². The molecular weight excluding hydrogens is 202 g/mol. The van der Waals surface area contributed by atoms with Crippen LogP contribution in [0.25, 0.3) is 0 Å². The predicted molar refractivity (Wildman–Crippen MR) is 51.7 cm³/mol. The van der Waals surface area contributed by atoms with Crippen molar-refractivity contribution in [1.82, 2.24) is 0 Å². The molecule has 0 unspecified atom stereocenters.